The predicted molar refractivity (Wildman–Crippen MR) is 119 cm³/mol. The molecule has 0 unspecified atom stereocenters. The Labute approximate surface area is 174 Å². The number of benzene rings is 4. The first-order valence-electron chi connectivity index (χ1n) is 10.0. The van der Waals surface area contributed by atoms with Crippen molar-refractivity contribution >= 4 is 33.1 Å². The van der Waals surface area contributed by atoms with Gasteiger partial charge in [0.15, 0.2) is 13.5 Å². The second-order valence-electron chi connectivity index (χ2n) is 7.54. The molecule has 0 spiro atoms. The standard InChI is InChI=1S/C26H20N2O2/c1-3-7-21-13-23(11-9-19(21)5-1)25-15-27(17-29-25)28-16-26(30-18-28)24-12-10-20-6-2-4-8-22(20)14-24/h1-16H,17-18H2. The van der Waals surface area contributed by atoms with E-state index >= 15 is 0 Å². The molecule has 0 N–H and O–H groups in total. The molecule has 6 rings (SSSR count). The summed E-state index contributed by atoms with van der Waals surface area (Å²) in [4.78, 5) is 0. The average Bonchev–Trinajstić information content (AvgIpc) is 3.48. The lowest BCUT2D eigenvalue weighted by Crippen LogP contribution is -2.32. The van der Waals surface area contributed by atoms with Crippen LogP contribution in [0, 0.1) is 0 Å². The van der Waals surface area contributed by atoms with Gasteiger partial charge in [0.05, 0.1) is 12.4 Å². The summed E-state index contributed by atoms with van der Waals surface area (Å²) in [7, 11) is 0. The molecular weight excluding hydrogens is 372 g/mol. The van der Waals surface area contributed by atoms with E-state index in [1.807, 2.05) is 22.4 Å². The molecule has 2 aliphatic heterocycles. The van der Waals surface area contributed by atoms with Gasteiger partial charge in [0, 0.05) is 11.1 Å². The molecule has 0 aliphatic carbocycles. The molecule has 0 bridgehead atoms. The van der Waals surface area contributed by atoms with Crippen LogP contribution in [0.4, 0.5) is 0 Å². The van der Waals surface area contributed by atoms with Gasteiger partial charge in [-0.15, -0.1) is 0 Å². The van der Waals surface area contributed by atoms with Crippen molar-refractivity contribution < 1.29 is 9.47 Å². The summed E-state index contributed by atoms with van der Waals surface area (Å²) in [5.74, 6) is 1.74. The third-order valence-electron chi connectivity index (χ3n) is 5.64. The van der Waals surface area contributed by atoms with Crippen molar-refractivity contribution in [3.8, 4) is 0 Å². The molecule has 4 heteroatoms. The van der Waals surface area contributed by atoms with Gasteiger partial charge in [-0.1, -0.05) is 72.8 Å². The molecule has 0 aromatic heterocycles. The van der Waals surface area contributed by atoms with Crippen molar-refractivity contribution in [2.45, 2.75) is 0 Å². The van der Waals surface area contributed by atoms with Gasteiger partial charge in [0.2, 0.25) is 0 Å². The third-order valence-corrected chi connectivity index (χ3v) is 5.64. The molecule has 0 amide bonds. The minimum Gasteiger partial charge on any atom is -0.469 e. The monoisotopic (exact) mass is 392 g/mol. The number of ether oxygens (including phenoxy) is 2. The van der Waals surface area contributed by atoms with E-state index in [9.17, 15) is 0 Å². The van der Waals surface area contributed by atoms with Gasteiger partial charge in [-0.2, -0.15) is 0 Å². The Bertz CT molecular complexity index is 1220. The van der Waals surface area contributed by atoms with E-state index in [4.69, 9.17) is 9.47 Å². The zero-order valence-electron chi connectivity index (χ0n) is 16.4. The molecule has 30 heavy (non-hydrogen) atoms. The summed E-state index contributed by atoms with van der Waals surface area (Å²) in [6.45, 7) is 0.931. The first-order valence-corrected chi connectivity index (χ1v) is 10.0. The lowest BCUT2D eigenvalue weighted by Gasteiger charge is -2.23. The largest absolute Gasteiger partial charge is 0.469 e. The van der Waals surface area contributed by atoms with Crippen LogP contribution in [0.3, 0.4) is 0 Å². The zero-order valence-corrected chi connectivity index (χ0v) is 16.4. The smallest absolute Gasteiger partial charge is 0.179 e. The molecular formula is C26H20N2O2. The maximum atomic E-state index is 5.97. The number of hydrogen-bond donors (Lipinski definition) is 0. The number of hydrogen-bond acceptors (Lipinski definition) is 4. The van der Waals surface area contributed by atoms with Gasteiger partial charge in [-0.3, -0.25) is 0 Å². The Morgan fingerprint density at radius 2 is 0.933 bits per heavy atom. The van der Waals surface area contributed by atoms with Gasteiger partial charge >= 0.3 is 0 Å². The summed E-state index contributed by atoms with van der Waals surface area (Å²) >= 11 is 0. The molecule has 4 aromatic rings. The van der Waals surface area contributed by atoms with Crippen molar-refractivity contribution in [3.63, 3.8) is 0 Å². The van der Waals surface area contributed by atoms with E-state index in [0.717, 1.165) is 22.6 Å². The van der Waals surface area contributed by atoms with Gasteiger partial charge < -0.3 is 9.47 Å². The fourth-order valence-electron chi connectivity index (χ4n) is 3.99. The van der Waals surface area contributed by atoms with Gasteiger partial charge in [-0.25, -0.2) is 10.0 Å². The molecule has 0 radical (unpaired) electrons. The van der Waals surface area contributed by atoms with Gasteiger partial charge in [0.25, 0.3) is 0 Å². The number of rotatable bonds is 3. The predicted octanol–water partition coefficient (Wildman–Crippen LogP) is 5.78. The Morgan fingerprint density at radius 3 is 1.40 bits per heavy atom. The maximum absolute atomic E-state index is 5.97. The van der Waals surface area contributed by atoms with Gasteiger partial charge in [-0.05, 0) is 33.7 Å². The van der Waals surface area contributed by atoms with Crippen LogP contribution in [0.5, 0.6) is 0 Å². The van der Waals surface area contributed by atoms with E-state index in [1.54, 1.807) is 0 Å². The summed E-state index contributed by atoms with van der Waals surface area (Å²) in [5, 5.41) is 8.96. The van der Waals surface area contributed by atoms with Crippen LogP contribution in [-0.4, -0.2) is 23.5 Å². The van der Waals surface area contributed by atoms with Crippen molar-refractivity contribution in [3.05, 3.63) is 108 Å². The molecule has 0 saturated carbocycles. The highest BCUT2D eigenvalue weighted by atomic mass is 16.5. The number of nitrogens with zero attached hydrogens (tertiary/aromatic N) is 2. The topological polar surface area (TPSA) is 24.9 Å². The van der Waals surface area contributed by atoms with Crippen LogP contribution in [0.2, 0.25) is 0 Å². The zero-order chi connectivity index (χ0) is 19.9. The Hall–Kier alpha value is -3.92. The van der Waals surface area contributed by atoms with E-state index in [2.05, 4.69) is 84.9 Å². The van der Waals surface area contributed by atoms with Crippen LogP contribution >= 0.6 is 0 Å². The lowest BCUT2D eigenvalue weighted by atomic mass is 10.1. The van der Waals surface area contributed by atoms with E-state index in [-0.39, 0.29) is 0 Å². The molecule has 4 aromatic carbocycles. The number of fused-ring (bicyclic) bond motifs is 2. The van der Waals surface area contributed by atoms with E-state index in [1.165, 1.54) is 21.5 Å². The van der Waals surface area contributed by atoms with E-state index < -0.39 is 0 Å². The molecule has 2 heterocycles. The normalized spacial score (nSPS) is 15.9. The first-order chi connectivity index (χ1) is 14.8. The summed E-state index contributed by atoms with van der Waals surface area (Å²) in [6.07, 6.45) is 4.07. The van der Waals surface area contributed by atoms with Crippen LogP contribution in [0.1, 0.15) is 11.1 Å². The van der Waals surface area contributed by atoms with Gasteiger partial charge in [0.1, 0.15) is 11.5 Å². The Morgan fingerprint density at radius 1 is 0.500 bits per heavy atom. The highest BCUT2D eigenvalue weighted by molar-refractivity contribution is 5.86. The van der Waals surface area contributed by atoms with Crippen LogP contribution in [-0.2, 0) is 9.47 Å². The summed E-state index contributed by atoms with van der Waals surface area (Å²) in [6, 6.07) is 29.5. The summed E-state index contributed by atoms with van der Waals surface area (Å²) < 4.78 is 11.9. The average molecular weight is 392 g/mol. The Kier molecular flexibility index (Phi) is 3.88. The summed E-state index contributed by atoms with van der Waals surface area (Å²) in [5.41, 5.74) is 2.16. The molecule has 0 atom stereocenters. The molecule has 0 fully saturated rings. The molecule has 146 valence electrons. The minimum atomic E-state index is 0.465. The SMILES string of the molecule is C1=C(c2ccc3ccccc3c2)OCN1N1C=C(c2ccc3ccccc3c2)OC1. The van der Waals surface area contributed by atoms with Crippen molar-refractivity contribution in [1.82, 2.24) is 10.0 Å². The fourth-order valence-corrected chi connectivity index (χ4v) is 3.99. The molecule has 2 aliphatic rings. The second kappa shape index (κ2) is 6.85. The maximum Gasteiger partial charge on any atom is 0.179 e. The highest BCUT2D eigenvalue weighted by Crippen LogP contribution is 2.30. The third kappa shape index (κ3) is 2.94. The molecule has 4 nitrogen and oxygen atoms in total. The van der Waals surface area contributed by atoms with Crippen molar-refractivity contribution in [2.75, 3.05) is 13.5 Å². The molecule has 0 saturated heterocycles. The van der Waals surface area contributed by atoms with Crippen molar-refractivity contribution in [1.29, 1.82) is 0 Å². The fraction of sp³-hybridized carbons (Fsp3) is 0.0769. The minimum absolute atomic E-state index is 0.465. The second-order valence-corrected chi connectivity index (χ2v) is 7.54. The van der Waals surface area contributed by atoms with Crippen LogP contribution in [0.25, 0.3) is 33.1 Å². The van der Waals surface area contributed by atoms with Crippen molar-refractivity contribution in [2.24, 2.45) is 0 Å². The quantitative estimate of drug-likeness (QED) is 0.441. The first kappa shape index (κ1) is 17.0. The van der Waals surface area contributed by atoms with E-state index in [0.29, 0.717) is 13.5 Å². The Balaban J connectivity index is 1.25. The van der Waals surface area contributed by atoms with Crippen LogP contribution < -0.4 is 0 Å². The van der Waals surface area contributed by atoms with Crippen LogP contribution in [0.15, 0.2) is 97.3 Å². The highest BCUT2D eigenvalue weighted by Gasteiger charge is 2.24. The lowest BCUT2D eigenvalue weighted by molar-refractivity contribution is -0.0144. The number of hydrazine groups is 1.